The molecule has 0 N–H and O–H groups in total. The molecule has 258 valence electrons. The number of allylic oxidation sites excluding steroid dienone is 2. The average Bonchev–Trinajstić information content (AvgIpc) is 3.54. The van der Waals surface area contributed by atoms with Gasteiger partial charge in [-0.05, 0) is 87.1 Å². The Kier molecular flexibility index (Phi) is 8.19. The van der Waals surface area contributed by atoms with Crippen molar-refractivity contribution in [2.45, 2.75) is 6.42 Å². The molecule has 0 bridgehead atoms. The standard InChI is InChI=1S/C51H34N4/c1-5-14-34(15-6-1)40-29-41(31-42(30-40)38-24-25-45-46(32-38)43-22-11-4-12-23-44(43)49-50(45)53-27-26-52-49)37-20-13-21-39(28-37)51-54-47(35-16-7-2-8-17-35)33-48(55-51)36-18-9-3-10-19-36/h1-3,5-33H,4H2. The van der Waals surface area contributed by atoms with Crippen molar-refractivity contribution in [3.05, 3.63) is 193 Å². The highest BCUT2D eigenvalue weighted by molar-refractivity contribution is 6.13. The van der Waals surface area contributed by atoms with Gasteiger partial charge in [-0.2, -0.15) is 0 Å². The molecule has 0 aliphatic heterocycles. The number of rotatable bonds is 6. The first-order valence-corrected chi connectivity index (χ1v) is 18.6. The maximum absolute atomic E-state index is 5.13. The molecule has 1 aliphatic carbocycles. The van der Waals surface area contributed by atoms with Crippen molar-refractivity contribution in [3.8, 4) is 67.3 Å². The van der Waals surface area contributed by atoms with Crippen molar-refractivity contribution in [3.63, 3.8) is 0 Å². The van der Waals surface area contributed by atoms with Gasteiger partial charge in [0, 0.05) is 40.0 Å². The zero-order valence-electron chi connectivity index (χ0n) is 30.0. The van der Waals surface area contributed by atoms with Crippen molar-refractivity contribution >= 4 is 34.0 Å². The predicted octanol–water partition coefficient (Wildman–Crippen LogP) is 13.0. The number of nitrogens with zero attached hydrogens (tertiary/aromatic N) is 4. The molecule has 0 unspecified atom stereocenters. The molecule has 4 nitrogen and oxygen atoms in total. The first-order valence-electron chi connectivity index (χ1n) is 18.6. The molecule has 2 aromatic heterocycles. The van der Waals surface area contributed by atoms with Crippen LogP contribution in [0, 0.1) is 0 Å². The molecule has 0 fully saturated rings. The molecule has 9 aromatic rings. The second-order valence-corrected chi connectivity index (χ2v) is 13.8. The monoisotopic (exact) mass is 702 g/mol. The third kappa shape index (κ3) is 6.20. The predicted molar refractivity (Wildman–Crippen MR) is 228 cm³/mol. The van der Waals surface area contributed by atoms with E-state index >= 15 is 0 Å². The van der Waals surface area contributed by atoms with Crippen LogP contribution in [0.5, 0.6) is 0 Å². The summed E-state index contributed by atoms with van der Waals surface area (Å²) in [5.74, 6) is 0.689. The highest BCUT2D eigenvalue weighted by Crippen LogP contribution is 2.39. The minimum atomic E-state index is 0.689. The number of aromatic nitrogens is 4. The van der Waals surface area contributed by atoms with Crippen LogP contribution in [-0.4, -0.2) is 19.9 Å². The van der Waals surface area contributed by atoms with Gasteiger partial charge < -0.3 is 0 Å². The van der Waals surface area contributed by atoms with E-state index in [0.29, 0.717) is 5.82 Å². The fourth-order valence-electron chi connectivity index (χ4n) is 7.64. The fraction of sp³-hybridized carbons (Fsp3) is 0.0196. The number of hydrogen-bond donors (Lipinski definition) is 0. The lowest BCUT2D eigenvalue weighted by Gasteiger charge is -2.15. The summed E-state index contributed by atoms with van der Waals surface area (Å²) in [6, 6.07) is 55.6. The van der Waals surface area contributed by atoms with Crippen molar-refractivity contribution in [1.82, 2.24) is 19.9 Å². The molecule has 0 atom stereocenters. The fourth-order valence-corrected chi connectivity index (χ4v) is 7.64. The highest BCUT2D eigenvalue weighted by atomic mass is 14.9. The molecule has 0 amide bonds. The van der Waals surface area contributed by atoms with E-state index < -0.39 is 0 Å². The quantitative estimate of drug-likeness (QED) is 0.162. The lowest BCUT2D eigenvalue weighted by atomic mass is 9.90. The summed E-state index contributed by atoms with van der Waals surface area (Å²) in [5, 5.41) is 2.27. The first-order chi connectivity index (χ1) is 27.2. The lowest BCUT2D eigenvalue weighted by molar-refractivity contribution is 1.18. The first kappa shape index (κ1) is 32.4. The minimum absolute atomic E-state index is 0.689. The summed E-state index contributed by atoms with van der Waals surface area (Å²) >= 11 is 0. The molecular weight excluding hydrogens is 669 g/mol. The SMILES string of the molecule is C1=Cc2c(c3nccnc3c3ccc(-c4cc(-c5ccccc5)cc(-c5cccc(-c6nc(-c7ccccc7)cc(-c7ccccc7)n6)c5)c4)cc23)C=CC1. The third-order valence-corrected chi connectivity index (χ3v) is 10.3. The molecule has 10 rings (SSSR count). The number of benzene rings is 7. The van der Waals surface area contributed by atoms with Crippen LogP contribution in [0.4, 0.5) is 0 Å². The topological polar surface area (TPSA) is 51.6 Å². The number of hydrogen-bond acceptors (Lipinski definition) is 4. The van der Waals surface area contributed by atoms with Crippen LogP contribution in [-0.2, 0) is 0 Å². The molecule has 7 aromatic carbocycles. The van der Waals surface area contributed by atoms with Crippen LogP contribution in [0.15, 0.2) is 182 Å². The third-order valence-electron chi connectivity index (χ3n) is 10.3. The van der Waals surface area contributed by atoms with Gasteiger partial charge in [0.05, 0.1) is 22.4 Å². The Morgan fingerprint density at radius 3 is 1.51 bits per heavy atom. The van der Waals surface area contributed by atoms with Gasteiger partial charge >= 0.3 is 0 Å². The van der Waals surface area contributed by atoms with Crippen LogP contribution < -0.4 is 0 Å². The highest BCUT2D eigenvalue weighted by Gasteiger charge is 2.17. The lowest BCUT2D eigenvalue weighted by Crippen LogP contribution is -1.96. The van der Waals surface area contributed by atoms with Crippen molar-refractivity contribution in [1.29, 1.82) is 0 Å². The molecule has 0 radical (unpaired) electrons. The second-order valence-electron chi connectivity index (χ2n) is 13.8. The van der Waals surface area contributed by atoms with Gasteiger partial charge in [0.25, 0.3) is 0 Å². The van der Waals surface area contributed by atoms with E-state index in [1.165, 1.54) is 10.9 Å². The van der Waals surface area contributed by atoms with E-state index in [4.69, 9.17) is 19.9 Å². The van der Waals surface area contributed by atoms with Crippen LogP contribution in [0.25, 0.3) is 101 Å². The average molecular weight is 703 g/mol. The molecule has 2 heterocycles. The van der Waals surface area contributed by atoms with Crippen molar-refractivity contribution < 1.29 is 0 Å². The minimum Gasteiger partial charge on any atom is -0.252 e. The summed E-state index contributed by atoms with van der Waals surface area (Å²) in [5.41, 5.74) is 15.8. The zero-order valence-corrected chi connectivity index (χ0v) is 30.0. The van der Waals surface area contributed by atoms with Gasteiger partial charge in [-0.15, -0.1) is 0 Å². The Labute approximate surface area is 319 Å². The zero-order chi connectivity index (χ0) is 36.6. The van der Waals surface area contributed by atoms with E-state index in [1.807, 2.05) is 36.4 Å². The van der Waals surface area contributed by atoms with E-state index in [-0.39, 0.29) is 0 Å². The largest absolute Gasteiger partial charge is 0.252 e. The molecular formula is C51H34N4. The molecule has 0 saturated heterocycles. The van der Waals surface area contributed by atoms with Gasteiger partial charge in [0.2, 0.25) is 0 Å². The molecule has 0 saturated carbocycles. The molecule has 1 aliphatic rings. The summed E-state index contributed by atoms with van der Waals surface area (Å²) in [4.78, 5) is 19.8. The molecule has 0 spiro atoms. The normalized spacial score (nSPS) is 12.1. The Morgan fingerprint density at radius 1 is 0.345 bits per heavy atom. The van der Waals surface area contributed by atoms with E-state index in [9.17, 15) is 0 Å². The van der Waals surface area contributed by atoms with Gasteiger partial charge in [0.1, 0.15) is 0 Å². The summed E-state index contributed by atoms with van der Waals surface area (Å²) in [6.07, 6.45) is 13.3. The summed E-state index contributed by atoms with van der Waals surface area (Å²) in [6.45, 7) is 0. The van der Waals surface area contributed by atoms with Gasteiger partial charge in [-0.3, -0.25) is 9.97 Å². The van der Waals surface area contributed by atoms with E-state index in [0.717, 1.165) is 89.9 Å². The van der Waals surface area contributed by atoms with Crippen molar-refractivity contribution in [2.75, 3.05) is 0 Å². The Bertz CT molecular complexity index is 2870. The molecule has 55 heavy (non-hydrogen) atoms. The Morgan fingerprint density at radius 2 is 0.855 bits per heavy atom. The van der Waals surface area contributed by atoms with Crippen LogP contribution >= 0.6 is 0 Å². The van der Waals surface area contributed by atoms with Gasteiger partial charge in [-0.1, -0.05) is 146 Å². The van der Waals surface area contributed by atoms with Crippen molar-refractivity contribution in [2.24, 2.45) is 0 Å². The van der Waals surface area contributed by atoms with Crippen LogP contribution in [0.1, 0.15) is 17.5 Å². The van der Waals surface area contributed by atoms with Gasteiger partial charge in [-0.25, -0.2) is 9.97 Å². The second kappa shape index (κ2) is 13.9. The summed E-state index contributed by atoms with van der Waals surface area (Å²) in [7, 11) is 0. The van der Waals surface area contributed by atoms with E-state index in [2.05, 4.69) is 146 Å². The van der Waals surface area contributed by atoms with Gasteiger partial charge in [0.15, 0.2) is 5.82 Å². The van der Waals surface area contributed by atoms with E-state index in [1.54, 1.807) is 12.4 Å². The molecule has 4 heteroatoms. The smallest absolute Gasteiger partial charge is 0.160 e. The summed E-state index contributed by atoms with van der Waals surface area (Å²) < 4.78 is 0. The Balaban J connectivity index is 1.14. The van der Waals surface area contributed by atoms with Crippen LogP contribution in [0.2, 0.25) is 0 Å². The number of fused-ring (bicyclic) bond motifs is 6. The Hall–Kier alpha value is -7.30. The maximum atomic E-state index is 5.13. The maximum Gasteiger partial charge on any atom is 0.160 e. The van der Waals surface area contributed by atoms with Crippen LogP contribution in [0.3, 0.4) is 0 Å².